The summed E-state index contributed by atoms with van der Waals surface area (Å²) >= 11 is 0. The van der Waals surface area contributed by atoms with Crippen LogP contribution in [0.5, 0.6) is 11.5 Å². The van der Waals surface area contributed by atoms with Crippen LogP contribution in [0.25, 0.3) is 56.0 Å². The number of anilines is 4. The number of nitrogens with two attached hydrogens (primary N) is 3. The molecule has 342 valence electrons. The van der Waals surface area contributed by atoms with Crippen LogP contribution in [0, 0.1) is 0 Å². The number of fused-ring (bicyclic) bond motifs is 1. The summed E-state index contributed by atoms with van der Waals surface area (Å²) in [5.41, 5.74) is 27.4. The molecule has 0 saturated heterocycles. The minimum absolute atomic E-state index is 0.0278. The zero-order chi connectivity index (χ0) is 47.9. The molecule has 0 bridgehead atoms. The zero-order valence-corrected chi connectivity index (χ0v) is 38.7. The third-order valence-electron chi connectivity index (χ3n) is 10.2. The third-order valence-corrected chi connectivity index (χ3v) is 10.2. The second-order valence-corrected chi connectivity index (χ2v) is 17.3. The highest BCUT2D eigenvalue weighted by atomic mass is 16.5. The summed E-state index contributed by atoms with van der Waals surface area (Å²) in [7, 11) is 3.23. The fraction of sp³-hybridized carbons (Fsp3) is 0.200. The maximum absolute atomic E-state index is 10.9. The zero-order valence-electron chi connectivity index (χ0n) is 38.7. The highest BCUT2D eigenvalue weighted by molar-refractivity contribution is 5.87. The second-order valence-electron chi connectivity index (χ2n) is 17.3. The summed E-state index contributed by atoms with van der Waals surface area (Å²) in [6.07, 6.45) is 14.8. The molecule has 0 aliphatic rings. The molecule has 7 N–H and O–H groups in total. The van der Waals surface area contributed by atoms with Crippen LogP contribution < -0.4 is 32.0 Å². The Kier molecular flexibility index (Phi) is 13.6. The largest absolute Gasteiger partial charge is 0.497 e. The molecule has 9 rings (SSSR count). The van der Waals surface area contributed by atoms with Crippen molar-refractivity contribution in [2.75, 3.05) is 36.7 Å². The molecule has 0 aliphatic heterocycles. The predicted octanol–water partition coefficient (Wildman–Crippen LogP) is 8.90. The Labute approximate surface area is 388 Å². The van der Waals surface area contributed by atoms with Gasteiger partial charge in [-0.15, -0.1) is 0 Å². The van der Waals surface area contributed by atoms with Gasteiger partial charge in [0.15, 0.2) is 6.29 Å². The SMILES string of the molecule is CC(C)(C)Nc1ccc(-c2cnc(N)nc2)cc1N.COc1ccc(-n2cccn2)c(-c2nc3cc(-c4cnc(N)nc4)ccc3n2C(C)(C)C)c1.COc1ccc(-n2cccn2)c(C=O)c1. The van der Waals surface area contributed by atoms with Crippen LogP contribution >= 0.6 is 0 Å². The number of carbonyl (C=O) groups is 1. The Bertz CT molecular complexity index is 3080. The van der Waals surface area contributed by atoms with Crippen molar-refractivity contribution in [1.29, 1.82) is 0 Å². The molecule has 0 unspecified atom stereocenters. The molecule has 9 aromatic rings. The number of methoxy groups -OCH3 is 2. The Hall–Kier alpha value is -8.60. The number of hydrogen-bond donors (Lipinski definition) is 4. The number of nitrogen functional groups attached to an aromatic ring is 3. The smallest absolute Gasteiger partial charge is 0.219 e. The molecule has 0 radical (unpaired) electrons. The number of imidazole rings is 1. The number of benzene rings is 4. The van der Waals surface area contributed by atoms with Crippen molar-refractivity contribution in [2.45, 2.75) is 52.6 Å². The molecule has 5 aromatic heterocycles. The predicted molar refractivity (Wildman–Crippen MR) is 264 cm³/mol. The summed E-state index contributed by atoms with van der Waals surface area (Å²) in [6.45, 7) is 12.8. The van der Waals surface area contributed by atoms with Gasteiger partial charge in [-0.3, -0.25) is 4.79 Å². The number of rotatable bonds is 9. The number of nitrogens with one attached hydrogen (secondary N) is 1. The van der Waals surface area contributed by atoms with Crippen LogP contribution in [0.2, 0.25) is 0 Å². The van der Waals surface area contributed by atoms with Gasteiger partial charge in [-0.25, -0.2) is 34.3 Å². The number of carbonyl (C=O) groups excluding carboxylic acids is 1. The molecule has 5 heterocycles. The maximum Gasteiger partial charge on any atom is 0.219 e. The Balaban J connectivity index is 0.000000165. The fourth-order valence-corrected chi connectivity index (χ4v) is 7.16. The lowest BCUT2D eigenvalue weighted by Crippen LogP contribution is -2.26. The topological polar surface area (TPSA) is 231 Å². The van der Waals surface area contributed by atoms with E-state index in [1.807, 2.05) is 53.3 Å². The highest BCUT2D eigenvalue weighted by Gasteiger charge is 2.25. The van der Waals surface area contributed by atoms with Gasteiger partial charge in [0.05, 0.1) is 48.0 Å². The standard InChI is InChI=1S/C25H25N7O.C14H19N5.C11H10N2O2/c1-25(2,3)32-22-8-6-16(17-14-27-24(26)28-15-17)12-20(22)30-23(32)19-13-18(33-4)7-9-21(19)31-11-5-10-29-31;1-14(2,3)19-12-5-4-9(6-11(12)15)10-7-17-13(16)18-8-10;1-15-10-3-4-11(9(7-10)8-14)13-6-2-5-12-13/h5-15H,1-4H3,(H2,26,27,28);4-8,19H,15H2,1-3H3,(H2,16,17,18);2-8H,1H3. The summed E-state index contributed by atoms with van der Waals surface area (Å²) in [5, 5.41) is 11.9. The van der Waals surface area contributed by atoms with Crippen molar-refractivity contribution >= 4 is 40.6 Å². The van der Waals surface area contributed by atoms with E-state index in [4.69, 9.17) is 31.7 Å². The molecule has 0 amide bonds. The Morgan fingerprint density at radius 1 is 0.627 bits per heavy atom. The van der Waals surface area contributed by atoms with Crippen molar-refractivity contribution in [2.24, 2.45) is 0 Å². The lowest BCUT2D eigenvalue weighted by Gasteiger charge is -2.25. The average molecular weight is 899 g/mol. The summed E-state index contributed by atoms with van der Waals surface area (Å²) < 4.78 is 16.3. The molecular formula is C50H54N14O3. The van der Waals surface area contributed by atoms with Crippen molar-refractivity contribution in [3.63, 3.8) is 0 Å². The van der Waals surface area contributed by atoms with Gasteiger partial charge in [-0.1, -0.05) is 12.1 Å². The molecule has 0 fully saturated rings. The fourth-order valence-electron chi connectivity index (χ4n) is 7.16. The highest BCUT2D eigenvalue weighted by Crippen LogP contribution is 2.37. The van der Waals surface area contributed by atoms with Gasteiger partial charge in [0, 0.05) is 82.9 Å². The number of ether oxygens (including phenoxy) is 2. The molecule has 0 atom stereocenters. The van der Waals surface area contributed by atoms with E-state index in [0.717, 1.165) is 73.8 Å². The average Bonchev–Trinajstić information content (AvgIpc) is 4.12. The van der Waals surface area contributed by atoms with E-state index in [1.54, 1.807) is 86.5 Å². The van der Waals surface area contributed by atoms with Crippen LogP contribution in [0.1, 0.15) is 51.9 Å². The first-order valence-corrected chi connectivity index (χ1v) is 21.2. The minimum atomic E-state index is -0.222. The van der Waals surface area contributed by atoms with Gasteiger partial charge < -0.3 is 36.6 Å². The molecule has 0 aliphatic carbocycles. The normalized spacial score (nSPS) is 11.2. The third kappa shape index (κ3) is 11.0. The number of aromatic nitrogens is 10. The number of hydrogen-bond acceptors (Lipinski definition) is 14. The Morgan fingerprint density at radius 3 is 1.67 bits per heavy atom. The van der Waals surface area contributed by atoms with Crippen LogP contribution in [0.15, 0.2) is 135 Å². The number of nitrogens with zero attached hydrogens (tertiary/aromatic N) is 10. The number of aldehydes is 1. The van der Waals surface area contributed by atoms with Crippen LogP contribution in [-0.4, -0.2) is 75.1 Å². The van der Waals surface area contributed by atoms with E-state index in [2.05, 4.69) is 99.8 Å². The summed E-state index contributed by atoms with van der Waals surface area (Å²) in [4.78, 5) is 32.2. The van der Waals surface area contributed by atoms with Crippen LogP contribution in [0.4, 0.5) is 23.3 Å². The summed E-state index contributed by atoms with van der Waals surface area (Å²) in [6, 6.07) is 27.0. The maximum atomic E-state index is 10.9. The molecule has 0 spiro atoms. The van der Waals surface area contributed by atoms with E-state index < -0.39 is 0 Å². The van der Waals surface area contributed by atoms with Crippen molar-refractivity contribution in [3.8, 4) is 56.5 Å². The van der Waals surface area contributed by atoms with Gasteiger partial charge >= 0.3 is 0 Å². The quantitative estimate of drug-likeness (QED) is 0.0783. The van der Waals surface area contributed by atoms with Crippen LogP contribution in [0.3, 0.4) is 0 Å². The van der Waals surface area contributed by atoms with Gasteiger partial charge in [0.25, 0.3) is 0 Å². The van der Waals surface area contributed by atoms with Crippen molar-refractivity contribution in [3.05, 3.63) is 140 Å². The van der Waals surface area contributed by atoms with Crippen molar-refractivity contribution < 1.29 is 14.3 Å². The van der Waals surface area contributed by atoms with Crippen LogP contribution in [-0.2, 0) is 5.54 Å². The Morgan fingerprint density at radius 2 is 1.16 bits per heavy atom. The summed E-state index contributed by atoms with van der Waals surface area (Å²) in [5.74, 6) is 2.78. The van der Waals surface area contributed by atoms with E-state index in [-0.39, 0.29) is 23.0 Å². The molecule has 67 heavy (non-hydrogen) atoms. The van der Waals surface area contributed by atoms with E-state index in [9.17, 15) is 4.79 Å². The lowest BCUT2D eigenvalue weighted by molar-refractivity contribution is 0.112. The van der Waals surface area contributed by atoms with Gasteiger partial charge in [-0.2, -0.15) is 10.2 Å². The molecule has 0 saturated carbocycles. The van der Waals surface area contributed by atoms with E-state index in [0.29, 0.717) is 17.0 Å². The van der Waals surface area contributed by atoms with Gasteiger partial charge in [-0.05, 0) is 125 Å². The molecule has 4 aromatic carbocycles. The molecule has 17 nitrogen and oxygen atoms in total. The van der Waals surface area contributed by atoms with Gasteiger partial charge in [0.1, 0.15) is 17.3 Å². The lowest BCUT2D eigenvalue weighted by atomic mass is 10.0. The minimum Gasteiger partial charge on any atom is -0.497 e. The van der Waals surface area contributed by atoms with E-state index in [1.165, 1.54) is 0 Å². The van der Waals surface area contributed by atoms with Crippen molar-refractivity contribution in [1.82, 2.24) is 49.0 Å². The second kappa shape index (κ2) is 19.6. The monoisotopic (exact) mass is 898 g/mol. The first-order valence-electron chi connectivity index (χ1n) is 21.2. The van der Waals surface area contributed by atoms with E-state index >= 15 is 0 Å². The molecule has 17 heteroatoms. The van der Waals surface area contributed by atoms with Gasteiger partial charge in [0.2, 0.25) is 11.9 Å². The first-order chi connectivity index (χ1) is 32.0. The molecular weight excluding hydrogens is 845 g/mol. The first kappa shape index (κ1) is 46.4.